The predicted octanol–water partition coefficient (Wildman–Crippen LogP) is 2.04. The number of hydrogen-bond acceptors (Lipinski definition) is 7. The van der Waals surface area contributed by atoms with Gasteiger partial charge in [-0.1, -0.05) is 17.7 Å². The number of sulfonamides is 1. The van der Waals surface area contributed by atoms with E-state index in [4.69, 9.17) is 22.1 Å². The van der Waals surface area contributed by atoms with Crippen molar-refractivity contribution in [3.8, 4) is 11.3 Å². The van der Waals surface area contributed by atoms with E-state index in [-0.39, 0.29) is 29.1 Å². The van der Waals surface area contributed by atoms with Crippen molar-refractivity contribution in [3.63, 3.8) is 0 Å². The minimum absolute atomic E-state index is 0.0393. The molecule has 1 saturated carbocycles. The summed E-state index contributed by atoms with van der Waals surface area (Å²) in [4.78, 5) is 8.35. The molecule has 2 aromatic rings. The number of hydrogen-bond donors (Lipinski definition) is 3. The van der Waals surface area contributed by atoms with E-state index in [1.807, 2.05) is 6.92 Å². The largest absolute Gasteiger partial charge is 0.393 e. The number of nitrogens with two attached hydrogens (primary N) is 1. The molecule has 2 aliphatic heterocycles. The molecule has 5 rings (SSSR count). The Bertz CT molecular complexity index is 1040. The molecule has 0 radical (unpaired) electrons. The van der Waals surface area contributed by atoms with Crippen LogP contribution in [-0.2, 0) is 14.8 Å². The first-order valence-corrected chi connectivity index (χ1v) is 11.2. The minimum atomic E-state index is -3.80. The Morgan fingerprint density at radius 3 is 2.62 bits per heavy atom. The van der Waals surface area contributed by atoms with Crippen molar-refractivity contribution in [2.24, 2.45) is 0 Å². The molecular weight excluding hydrogens is 416 g/mol. The highest BCUT2D eigenvalue weighted by Crippen LogP contribution is 2.44. The minimum Gasteiger partial charge on any atom is -0.393 e. The second-order valence-corrected chi connectivity index (χ2v) is 9.96. The lowest BCUT2D eigenvalue weighted by Crippen LogP contribution is -2.63. The second-order valence-electron chi connectivity index (χ2n) is 7.92. The van der Waals surface area contributed by atoms with E-state index < -0.39 is 21.2 Å². The second kappa shape index (κ2) is 7.17. The normalized spacial score (nSPS) is 26.6. The average Bonchev–Trinajstić information content (AvgIpc) is 2.71. The summed E-state index contributed by atoms with van der Waals surface area (Å²) >= 11 is 5.98. The van der Waals surface area contributed by atoms with Crippen LogP contribution in [0.2, 0.25) is 5.15 Å². The summed E-state index contributed by atoms with van der Waals surface area (Å²) in [5.74, 6) is 0.117. The van der Waals surface area contributed by atoms with Crippen molar-refractivity contribution >= 4 is 27.4 Å². The van der Waals surface area contributed by atoms with Crippen molar-refractivity contribution in [3.05, 3.63) is 35.1 Å². The van der Waals surface area contributed by atoms with Gasteiger partial charge in [0.15, 0.2) is 11.0 Å². The van der Waals surface area contributed by atoms with E-state index in [9.17, 15) is 13.5 Å². The number of nitrogen functional groups attached to an aromatic ring is 1. The fraction of sp³-hybridized carbons (Fsp3) is 0.474. The molecule has 0 amide bonds. The number of anilines is 1. The number of rotatable bonds is 5. The van der Waals surface area contributed by atoms with Crippen LogP contribution in [0.4, 0.5) is 5.82 Å². The van der Waals surface area contributed by atoms with Crippen LogP contribution in [0.5, 0.6) is 0 Å². The van der Waals surface area contributed by atoms with E-state index in [0.29, 0.717) is 36.9 Å². The lowest BCUT2D eigenvalue weighted by molar-refractivity contribution is -0.175. The molecular formula is C19H23ClN4O4S. The van der Waals surface area contributed by atoms with Crippen LogP contribution in [0.25, 0.3) is 11.3 Å². The van der Waals surface area contributed by atoms with Gasteiger partial charge >= 0.3 is 0 Å². The number of nitrogens with zero attached hydrogens (tertiary/aromatic N) is 2. The summed E-state index contributed by atoms with van der Waals surface area (Å²) in [6.07, 6.45) is 3.99. The number of aryl methyl sites for hydroxylation is 1. The predicted molar refractivity (Wildman–Crippen MR) is 109 cm³/mol. The summed E-state index contributed by atoms with van der Waals surface area (Å²) in [7, 11) is -3.80. The summed E-state index contributed by atoms with van der Waals surface area (Å²) in [5.41, 5.74) is 6.36. The molecule has 29 heavy (non-hydrogen) atoms. The van der Waals surface area contributed by atoms with Gasteiger partial charge in [0, 0.05) is 5.56 Å². The molecule has 156 valence electrons. The maximum atomic E-state index is 13.1. The maximum Gasteiger partial charge on any atom is 0.241 e. The van der Waals surface area contributed by atoms with Gasteiger partial charge in [-0.3, -0.25) is 0 Å². The molecule has 1 aromatic carbocycles. The number of ether oxygens (including phenoxy) is 1. The van der Waals surface area contributed by atoms with Crippen molar-refractivity contribution in [2.75, 3.05) is 18.9 Å². The van der Waals surface area contributed by atoms with Gasteiger partial charge in [-0.15, -0.1) is 0 Å². The summed E-state index contributed by atoms with van der Waals surface area (Å²) < 4.78 is 35.0. The molecule has 2 bridgehead atoms. The van der Waals surface area contributed by atoms with E-state index in [1.165, 1.54) is 6.20 Å². The van der Waals surface area contributed by atoms with Crippen molar-refractivity contribution in [2.45, 2.75) is 48.6 Å². The Kier molecular flexibility index (Phi) is 5.07. The van der Waals surface area contributed by atoms with Crippen LogP contribution >= 0.6 is 11.6 Å². The van der Waals surface area contributed by atoms with E-state index in [2.05, 4.69) is 14.7 Å². The molecule has 0 spiro atoms. The number of aromatic nitrogens is 2. The van der Waals surface area contributed by atoms with Gasteiger partial charge in [0.2, 0.25) is 10.0 Å². The number of nitrogens with one attached hydrogen (secondary N) is 1. The zero-order valence-electron chi connectivity index (χ0n) is 16.0. The van der Waals surface area contributed by atoms with Crippen molar-refractivity contribution in [1.29, 1.82) is 0 Å². The number of halogens is 1. The fourth-order valence-electron chi connectivity index (χ4n) is 3.99. The van der Waals surface area contributed by atoms with Gasteiger partial charge in [0.1, 0.15) is 0 Å². The van der Waals surface area contributed by atoms with E-state index >= 15 is 0 Å². The lowest BCUT2D eigenvalue weighted by Gasteiger charge is -2.52. The molecule has 1 aromatic heterocycles. The quantitative estimate of drug-likeness (QED) is 0.651. The number of aliphatic hydroxyl groups is 1. The molecule has 3 aliphatic rings. The Morgan fingerprint density at radius 1 is 1.31 bits per heavy atom. The third-order valence-electron chi connectivity index (χ3n) is 5.96. The first kappa shape index (κ1) is 20.5. The van der Waals surface area contributed by atoms with Crippen LogP contribution < -0.4 is 10.5 Å². The Morgan fingerprint density at radius 2 is 2.03 bits per heavy atom. The number of benzene rings is 1. The van der Waals surface area contributed by atoms with Gasteiger partial charge in [-0.25, -0.2) is 23.1 Å². The lowest BCUT2D eigenvalue weighted by atomic mass is 9.72. The third-order valence-corrected chi connectivity index (χ3v) is 7.82. The monoisotopic (exact) mass is 438 g/mol. The zero-order chi connectivity index (χ0) is 20.9. The van der Waals surface area contributed by atoms with Gasteiger partial charge in [-0.05, 0) is 50.3 Å². The van der Waals surface area contributed by atoms with Crippen LogP contribution in [-0.4, -0.2) is 47.8 Å². The van der Waals surface area contributed by atoms with Gasteiger partial charge in [0.25, 0.3) is 0 Å². The van der Waals surface area contributed by atoms with Gasteiger partial charge < -0.3 is 15.6 Å². The summed E-state index contributed by atoms with van der Waals surface area (Å²) in [6.45, 7) is 2.07. The van der Waals surface area contributed by atoms with Gasteiger partial charge in [-0.2, -0.15) is 0 Å². The SMILES string of the molecule is Cc1ccc(S(=O)(=O)NC23CCC(CO)(CC2)OC3)cc1-c1cnc(N)c(Cl)n1. The molecule has 1 aliphatic carbocycles. The summed E-state index contributed by atoms with van der Waals surface area (Å²) in [6, 6.07) is 4.85. The average molecular weight is 439 g/mol. The Labute approximate surface area is 174 Å². The molecule has 0 atom stereocenters. The summed E-state index contributed by atoms with van der Waals surface area (Å²) in [5, 5.41) is 9.64. The van der Waals surface area contributed by atoms with E-state index in [0.717, 1.165) is 5.56 Å². The molecule has 3 fully saturated rings. The Balaban J connectivity index is 1.63. The first-order chi connectivity index (χ1) is 13.7. The highest BCUT2D eigenvalue weighted by Gasteiger charge is 2.51. The van der Waals surface area contributed by atoms with E-state index in [1.54, 1.807) is 18.2 Å². The number of aliphatic hydroxyl groups excluding tert-OH is 1. The van der Waals surface area contributed by atoms with Crippen LogP contribution in [0, 0.1) is 6.92 Å². The highest BCUT2D eigenvalue weighted by atomic mass is 35.5. The fourth-order valence-corrected chi connectivity index (χ4v) is 5.60. The highest BCUT2D eigenvalue weighted by molar-refractivity contribution is 7.89. The molecule has 0 unspecified atom stereocenters. The third kappa shape index (κ3) is 3.73. The Hall–Kier alpha value is -1.78. The molecule has 4 N–H and O–H groups in total. The first-order valence-electron chi connectivity index (χ1n) is 9.36. The van der Waals surface area contributed by atoms with Crippen molar-refractivity contribution < 1.29 is 18.3 Å². The zero-order valence-corrected chi connectivity index (χ0v) is 17.6. The van der Waals surface area contributed by atoms with Crippen LogP contribution in [0.15, 0.2) is 29.3 Å². The molecule has 3 heterocycles. The maximum absolute atomic E-state index is 13.1. The van der Waals surface area contributed by atoms with Crippen LogP contribution in [0.1, 0.15) is 31.2 Å². The van der Waals surface area contributed by atoms with Gasteiger partial charge in [0.05, 0.1) is 41.1 Å². The molecule has 10 heteroatoms. The van der Waals surface area contributed by atoms with Crippen LogP contribution in [0.3, 0.4) is 0 Å². The molecule has 2 saturated heterocycles. The molecule has 8 nitrogen and oxygen atoms in total. The number of fused-ring (bicyclic) bond motifs is 3. The topological polar surface area (TPSA) is 127 Å². The standard InChI is InChI=1S/C19H23ClN4O4S/c1-12-2-3-13(8-14(12)15-9-22-17(21)16(20)23-15)29(26,27)24-18-4-6-19(10-25,7-5-18)28-11-18/h2-3,8-9,24-25H,4-7,10-11H2,1H3,(H2,21,22). The van der Waals surface area contributed by atoms with Crippen molar-refractivity contribution in [1.82, 2.24) is 14.7 Å². The smallest absolute Gasteiger partial charge is 0.241 e.